The minimum Gasteiger partial charge on any atom is -0.391 e. The number of halogens is 5. The van der Waals surface area contributed by atoms with Gasteiger partial charge in [0, 0.05) is 29.9 Å². The molecule has 1 aliphatic carbocycles. The lowest BCUT2D eigenvalue weighted by Crippen LogP contribution is -2.46. The SMILES string of the molecule is CC(=NC(C(=O)N1CCC[C@@H]1C)C(=S)c1cnc(N[C@@H](C)C(F)(F)F)cc1C(F)F)C(=O)N[C@H]1CCC[C@@H]1O. The number of alkyl halides is 5. The molecule has 1 saturated heterocycles. The van der Waals surface area contributed by atoms with E-state index in [4.69, 9.17) is 12.2 Å². The van der Waals surface area contributed by atoms with Gasteiger partial charge in [0.15, 0.2) is 6.04 Å². The molecule has 1 aliphatic heterocycles. The van der Waals surface area contributed by atoms with Crippen LogP contribution in [0.2, 0.25) is 0 Å². The van der Waals surface area contributed by atoms with Gasteiger partial charge < -0.3 is 20.6 Å². The summed E-state index contributed by atoms with van der Waals surface area (Å²) in [5.74, 6) is -1.65. The smallest absolute Gasteiger partial charge is 0.391 e. The fourth-order valence-electron chi connectivity index (χ4n) is 4.66. The van der Waals surface area contributed by atoms with Gasteiger partial charge in [-0.3, -0.25) is 14.6 Å². The molecule has 39 heavy (non-hydrogen) atoms. The Morgan fingerprint density at radius 1 is 1.23 bits per heavy atom. The maximum absolute atomic E-state index is 14.1. The minimum absolute atomic E-state index is 0.134. The molecule has 3 rings (SSSR count). The number of hydrogen-bond acceptors (Lipinski definition) is 7. The van der Waals surface area contributed by atoms with Crippen molar-refractivity contribution >= 4 is 40.4 Å². The van der Waals surface area contributed by atoms with E-state index in [1.54, 1.807) is 0 Å². The van der Waals surface area contributed by atoms with Crippen LogP contribution in [0.4, 0.5) is 27.8 Å². The molecule has 0 bridgehead atoms. The number of amides is 2. The molecule has 1 aromatic heterocycles. The number of nitrogens with one attached hydrogen (secondary N) is 2. The lowest BCUT2D eigenvalue weighted by atomic mass is 10.0. The number of aromatic nitrogens is 1. The van der Waals surface area contributed by atoms with Gasteiger partial charge in [-0.05, 0) is 58.9 Å². The van der Waals surface area contributed by atoms with Crippen LogP contribution in [0.15, 0.2) is 17.3 Å². The normalized spacial score (nSPS) is 23.6. The second-order valence-corrected chi connectivity index (χ2v) is 10.4. The number of anilines is 1. The summed E-state index contributed by atoms with van der Waals surface area (Å²) in [6, 6.07) is -3.45. The minimum atomic E-state index is -4.63. The molecule has 216 valence electrons. The third-order valence-electron chi connectivity index (χ3n) is 7.06. The van der Waals surface area contributed by atoms with Crippen molar-refractivity contribution in [3.8, 4) is 0 Å². The van der Waals surface area contributed by atoms with E-state index in [2.05, 4.69) is 15.3 Å². The van der Waals surface area contributed by atoms with Crippen LogP contribution in [0, 0.1) is 0 Å². The second kappa shape index (κ2) is 12.6. The molecule has 1 saturated carbocycles. The lowest BCUT2D eigenvalue weighted by Gasteiger charge is -2.26. The first kappa shape index (κ1) is 30.8. The first-order chi connectivity index (χ1) is 18.2. The number of carbonyl (C=O) groups is 2. The van der Waals surface area contributed by atoms with Crippen molar-refractivity contribution in [2.75, 3.05) is 11.9 Å². The van der Waals surface area contributed by atoms with Crippen molar-refractivity contribution in [2.24, 2.45) is 4.99 Å². The van der Waals surface area contributed by atoms with Gasteiger partial charge in [-0.2, -0.15) is 13.2 Å². The Balaban J connectivity index is 1.96. The highest BCUT2D eigenvalue weighted by Crippen LogP contribution is 2.30. The Morgan fingerprint density at radius 3 is 2.46 bits per heavy atom. The average Bonchev–Trinajstić information content (AvgIpc) is 3.48. The van der Waals surface area contributed by atoms with Crippen molar-refractivity contribution in [3.05, 3.63) is 23.4 Å². The summed E-state index contributed by atoms with van der Waals surface area (Å²) in [4.78, 5) is 35.6. The average molecular weight is 578 g/mol. The van der Waals surface area contributed by atoms with E-state index in [-0.39, 0.29) is 22.2 Å². The van der Waals surface area contributed by atoms with E-state index in [1.165, 1.54) is 11.8 Å². The van der Waals surface area contributed by atoms with Gasteiger partial charge in [-0.25, -0.2) is 13.8 Å². The molecular weight excluding hydrogens is 545 g/mol. The summed E-state index contributed by atoms with van der Waals surface area (Å²) >= 11 is 5.46. The highest BCUT2D eigenvalue weighted by atomic mass is 32.1. The molecule has 0 spiro atoms. The maximum atomic E-state index is 14.1. The zero-order chi connectivity index (χ0) is 29.1. The van der Waals surface area contributed by atoms with Gasteiger partial charge in [-0.15, -0.1) is 0 Å². The number of rotatable bonds is 9. The summed E-state index contributed by atoms with van der Waals surface area (Å²) in [7, 11) is 0. The molecule has 2 heterocycles. The summed E-state index contributed by atoms with van der Waals surface area (Å²) in [6.45, 7) is 4.39. The molecule has 1 unspecified atom stereocenters. The first-order valence-corrected chi connectivity index (χ1v) is 13.1. The largest absolute Gasteiger partial charge is 0.408 e. The maximum Gasteiger partial charge on any atom is 0.408 e. The summed E-state index contributed by atoms with van der Waals surface area (Å²) in [5, 5.41) is 14.7. The van der Waals surface area contributed by atoms with E-state index in [9.17, 15) is 36.6 Å². The molecule has 5 atom stereocenters. The van der Waals surface area contributed by atoms with Crippen molar-refractivity contribution in [1.29, 1.82) is 0 Å². The van der Waals surface area contributed by atoms with Crippen molar-refractivity contribution in [1.82, 2.24) is 15.2 Å². The van der Waals surface area contributed by atoms with Crippen LogP contribution in [-0.2, 0) is 9.59 Å². The Morgan fingerprint density at radius 2 is 1.92 bits per heavy atom. The molecule has 1 aromatic rings. The van der Waals surface area contributed by atoms with Crippen molar-refractivity contribution in [3.63, 3.8) is 0 Å². The zero-order valence-electron chi connectivity index (χ0n) is 21.8. The molecule has 2 amide bonds. The summed E-state index contributed by atoms with van der Waals surface area (Å²) < 4.78 is 67.0. The van der Waals surface area contributed by atoms with Gasteiger partial charge in [0.05, 0.1) is 22.7 Å². The number of nitrogens with zero attached hydrogens (tertiary/aromatic N) is 3. The highest BCUT2D eigenvalue weighted by Gasteiger charge is 2.38. The quantitative estimate of drug-likeness (QED) is 0.178. The number of thiocarbonyl (C=S) groups is 1. The van der Waals surface area contributed by atoms with Crippen LogP contribution in [0.1, 0.15) is 70.4 Å². The predicted octanol–water partition coefficient (Wildman–Crippen LogP) is 3.97. The molecule has 0 aromatic carbocycles. The molecular formula is C25H32F5N5O3S. The lowest BCUT2D eigenvalue weighted by molar-refractivity contribution is -0.138. The fourth-order valence-corrected chi connectivity index (χ4v) is 4.99. The monoisotopic (exact) mass is 577 g/mol. The zero-order valence-corrected chi connectivity index (χ0v) is 22.6. The molecule has 2 aliphatic rings. The number of carbonyl (C=O) groups excluding carboxylic acids is 2. The third kappa shape index (κ3) is 7.47. The van der Waals surface area contributed by atoms with Crippen LogP contribution in [0.5, 0.6) is 0 Å². The van der Waals surface area contributed by atoms with Gasteiger partial charge in [0.25, 0.3) is 18.2 Å². The summed E-state index contributed by atoms with van der Waals surface area (Å²) in [6.07, 6.45) is -4.32. The van der Waals surface area contributed by atoms with Gasteiger partial charge in [0.2, 0.25) is 0 Å². The Kier molecular flexibility index (Phi) is 9.97. The number of aliphatic hydroxyl groups excluding tert-OH is 1. The number of aliphatic hydroxyl groups is 1. The van der Waals surface area contributed by atoms with E-state index < -0.39 is 60.0 Å². The second-order valence-electron chi connectivity index (χ2n) is 9.95. The summed E-state index contributed by atoms with van der Waals surface area (Å²) in [5.41, 5.74) is -1.17. The van der Waals surface area contributed by atoms with Gasteiger partial charge in [0.1, 0.15) is 11.9 Å². The molecule has 8 nitrogen and oxygen atoms in total. The van der Waals surface area contributed by atoms with E-state index in [0.29, 0.717) is 19.4 Å². The van der Waals surface area contributed by atoms with Gasteiger partial charge in [-0.1, -0.05) is 12.2 Å². The molecule has 2 fully saturated rings. The highest BCUT2D eigenvalue weighted by molar-refractivity contribution is 7.81. The fraction of sp³-hybridized carbons (Fsp3) is 0.640. The number of hydrogen-bond donors (Lipinski definition) is 3. The van der Waals surface area contributed by atoms with E-state index in [1.807, 2.05) is 12.2 Å². The van der Waals surface area contributed by atoms with Gasteiger partial charge >= 0.3 is 6.18 Å². The predicted molar refractivity (Wildman–Crippen MR) is 139 cm³/mol. The standard InChI is InChI=1S/C25H32F5N5O3S/c1-12-6-5-9-35(12)24(38)20(32-13(2)23(37)34-17-7-4-8-18(17)36)21(39)16-11-31-19(10-15(16)22(26)27)33-14(3)25(28,29)30/h10-12,14,17-18,20,22,36H,4-9H2,1-3H3,(H,31,33)(H,34,37)/t12-,14-,17-,18-,20?/m0/s1. The van der Waals surface area contributed by atoms with Crippen LogP contribution in [0.25, 0.3) is 0 Å². The van der Waals surface area contributed by atoms with Crippen LogP contribution < -0.4 is 10.6 Å². The molecule has 0 radical (unpaired) electrons. The van der Waals surface area contributed by atoms with Crippen LogP contribution in [-0.4, -0.2) is 80.4 Å². The Bertz CT molecular complexity index is 1120. The number of likely N-dealkylation sites (tertiary alicyclic amines) is 1. The Labute approximate surface area is 228 Å². The molecule has 3 N–H and O–H groups in total. The van der Waals surface area contributed by atoms with Crippen LogP contribution >= 0.6 is 12.2 Å². The number of aliphatic imine (C=N–C) groups is 1. The van der Waals surface area contributed by atoms with Crippen LogP contribution in [0.3, 0.4) is 0 Å². The van der Waals surface area contributed by atoms with E-state index >= 15 is 0 Å². The third-order valence-corrected chi connectivity index (χ3v) is 7.50. The van der Waals surface area contributed by atoms with E-state index in [0.717, 1.165) is 38.4 Å². The Hall–Kier alpha value is -2.74. The van der Waals surface area contributed by atoms with Crippen molar-refractivity contribution < 1.29 is 36.6 Å². The topological polar surface area (TPSA) is 107 Å². The number of pyridine rings is 1. The molecule has 14 heteroatoms. The van der Waals surface area contributed by atoms with Crippen molar-refractivity contribution in [2.45, 2.75) is 95.7 Å². The first-order valence-electron chi connectivity index (χ1n) is 12.7.